The van der Waals surface area contributed by atoms with Gasteiger partial charge in [0, 0.05) is 6.07 Å². The number of aromatic nitrogens is 1. The van der Waals surface area contributed by atoms with Crippen LogP contribution < -0.4 is 10.1 Å². The number of ether oxygens (including phenoxy) is 1. The van der Waals surface area contributed by atoms with Crippen LogP contribution >= 0.6 is 0 Å². The Morgan fingerprint density at radius 1 is 1.50 bits per heavy atom. The monoisotopic (exact) mass is 192 g/mol. The molecule has 0 saturated heterocycles. The molecule has 0 unspecified atom stereocenters. The number of anilines is 1. The average Bonchev–Trinajstić information content (AvgIpc) is 2.42. The van der Waals surface area contributed by atoms with E-state index in [4.69, 9.17) is 4.74 Å². The van der Waals surface area contributed by atoms with Crippen molar-refractivity contribution in [1.82, 2.24) is 4.98 Å². The molecule has 0 aromatic carbocycles. The zero-order chi connectivity index (χ0) is 10.1. The van der Waals surface area contributed by atoms with E-state index in [9.17, 15) is 4.79 Å². The molecule has 2 heterocycles. The number of amides is 1. The summed E-state index contributed by atoms with van der Waals surface area (Å²) in [6.45, 7) is 3.89. The number of pyridine rings is 1. The second-order valence-corrected chi connectivity index (χ2v) is 3.54. The molecule has 0 radical (unpaired) electrons. The van der Waals surface area contributed by atoms with E-state index in [0.717, 1.165) is 11.4 Å². The van der Waals surface area contributed by atoms with Gasteiger partial charge >= 0.3 is 0 Å². The second kappa shape index (κ2) is 3.29. The smallest absolute Gasteiger partial charge is 0.230 e. The van der Waals surface area contributed by atoms with Gasteiger partial charge in [0.15, 0.2) is 0 Å². The van der Waals surface area contributed by atoms with Crippen molar-refractivity contribution >= 4 is 11.6 Å². The van der Waals surface area contributed by atoms with Gasteiger partial charge in [-0.1, -0.05) is 0 Å². The lowest BCUT2D eigenvalue weighted by Crippen LogP contribution is -2.07. The zero-order valence-corrected chi connectivity index (χ0v) is 8.20. The third-order valence-electron chi connectivity index (χ3n) is 1.91. The molecule has 1 aliphatic heterocycles. The average molecular weight is 192 g/mol. The molecule has 0 atom stereocenters. The highest BCUT2D eigenvalue weighted by Gasteiger charge is 2.19. The standard InChI is InChI=1S/C10H12N2O2/c1-6(2)14-10-4-3-7-8(12-10)5-9(13)11-7/h3-4,6H,5H2,1-2H3,(H,11,13). The summed E-state index contributed by atoms with van der Waals surface area (Å²) >= 11 is 0. The predicted molar refractivity (Wildman–Crippen MR) is 52.3 cm³/mol. The lowest BCUT2D eigenvalue weighted by molar-refractivity contribution is -0.115. The van der Waals surface area contributed by atoms with Gasteiger partial charge in [-0.05, 0) is 19.9 Å². The third kappa shape index (κ3) is 1.69. The largest absolute Gasteiger partial charge is 0.475 e. The topological polar surface area (TPSA) is 51.2 Å². The van der Waals surface area contributed by atoms with E-state index < -0.39 is 0 Å². The molecule has 1 amide bonds. The number of nitrogens with zero attached hydrogens (tertiary/aromatic N) is 1. The highest BCUT2D eigenvalue weighted by molar-refractivity contribution is 5.98. The summed E-state index contributed by atoms with van der Waals surface area (Å²) in [5.41, 5.74) is 1.57. The molecule has 14 heavy (non-hydrogen) atoms. The first-order chi connectivity index (χ1) is 6.65. The molecule has 1 aromatic heterocycles. The number of fused-ring (bicyclic) bond motifs is 1. The van der Waals surface area contributed by atoms with Crippen LogP contribution in [0.25, 0.3) is 0 Å². The Hall–Kier alpha value is -1.58. The summed E-state index contributed by atoms with van der Waals surface area (Å²) in [6, 6.07) is 3.59. The van der Waals surface area contributed by atoms with Crippen LogP contribution in [0.3, 0.4) is 0 Å². The summed E-state index contributed by atoms with van der Waals surface area (Å²) in [7, 11) is 0. The fourth-order valence-corrected chi connectivity index (χ4v) is 1.38. The molecule has 4 nitrogen and oxygen atoms in total. The molecule has 0 bridgehead atoms. The third-order valence-corrected chi connectivity index (χ3v) is 1.91. The molecular formula is C10H12N2O2. The van der Waals surface area contributed by atoms with Gasteiger partial charge in [-0.2, -0.15) is 0 Å². The first kappa shape index (κ1) is 8.99. The molecule has 1 N–H and O–H groups in total. The van der Waals surface area contributed by atoms with Gasteiger partial charge in [0.2, 0.25) is 11.8 Å². The fourth-order valence-electron chi connectivity index (χ4n) is 1.38. The number of hydrogen-bond acceptors (Lipinski definition) is 3. The maximum Gasteiger partial charge on any atom is 0.230 e. The van der Waals surface area contributed by atoms with Crippen molar-refractivity contribution in [3.63, 3.8) is 0 Å². The van der Waals surface area contributed by atoms with Crippen molar-refractivity contribution in [3.8, 4) is 5.88 Å². The van der Waals surface area contributed by atoms with E-state index >= 15 is 0 Å². The first-order valence-electron chi connectivity index (χ1n) is 4.61. The van der Waals surface area contributed by atoms with E-state index in [1.165, 1.54) is 0 Å². The molecule has 4 heteroatoms. The van der Waals surface area contributed by atoms with E-state index in [-0.39, 0.29) is 12.0 Å². The minimum absolute atomic E-state index is 0.00537. The summed E-state index contributed by atoms with van der Waals surface area (Å²) in [4.78, 5) is 15.3. The number of carbonyl (C=O) groups excluding carboxylic acids is 1. The summed E-state index contributed by atoms with van der Waals surface area (Å²) < 4.78 is 5.42. The minimum Gasteiger partial charge on any atom is -0.475 e. The predicted octanol–water partition coefficient (Wildman–Crippen LogP) is 1.36. The van der Waals surface area contributed by atoms with E-state index in [1.807, 2.05) is 19.9 Å². The summed E-state index contributed by atoms with van der Waals surface area (Å²) in [5.74, 6) is 0.574. The van der Waals surface area contributed by atoms with Crippen LogP contribution in [0.15, 0.2) is 12.1 Å². The Bertz CT molecular complexity index is 374. The van der Waals surface area contributed by atoms with Crippen LogP contribution in [-0.2, 0) is 11.2 Å². The van der Waals surface area contributed by atoms with Crippen LogP contribution in [0.1, 0.15) is 19.5 Å². The van der Waals surface area contributed by atoms with Crippen molar-refractivity contribution in [2.45, 2.75) is 26.4 Å². The quantitative estimate of drug-likeness (QED) is 0.769. The van der Waals surface area contributed by atoms with Crippen LogP contribution in [0.2, 0.25) is 0 Å². The van der Waals surface area contributed by atoms with Crippen molar-refractivity contribution in [3.05, 3.63) is 17.8 Å². The van der Waals surface area contributed by atoms with Crippen LogP contribution in [0, 0.1) is 0 Å². The number of nitrogens with one attached hydrogen (secondary N) is 1. The first-order valence-corrected chi connectivity index (χ1v) is 4.61. The number of rotatable bonds is 2. The van der Waals surface area contributed by atoms with Crippen molar-refractivity contribution in [2.75, 3.05) is 5.32 Å². The van der Waals surface area contributed by atoms with E-state index in [1.54, 1.807) is 6.07 Å². The second-order valence-electron chi connectivity index (χ2n) is 3.54. The zero-order valence-electron chi connectivity index (χ0n) is 8.20. The summed E-state index contributed by atoms with van der Waals surface area (Å²) in [6.07, 6.45) is 0.454. The minimum atomic E-state index is -0.00537. The van der Waals surface area contributed by atoms with Gasteiger partial charge in [0.05, 0.1) is 23.9 Å². The maximum atomic E-state index is 11.0. The molecule has 0 aliphatic carbocycles. The molecule has 1 aliphatic rings. The Balaban J connectivity index is 2.24. The van der Waals surface area contributed by atoms with Gasteiger partial charge in [-0.3, -0.25) is 4.79 Å². The SMILES string of the molecule is CC(C)Oc1ccc2c(n1)CC(=O)N2. The van der Waals surface area contributed by atoms with Gasteiger partial charge in [-0.15, -0.1) is 0 Å². The normalized spacial score (nSPS) is 14.1. The lowest BCUT2D eigenvalue weighted by atomic mass is 10.3. The molecule has 74 valence electrons. The van der Waals surface area contributed by atoms with Gasteiger partial charge in [0.25, 0.3) is 0 Å². The Morgan fingerprint density at radius 3 is 3.00 bits per heavy atom. The maximum absolute atomic E-state index is 11.0. The summed E-state index contributed by atoms with van der Waals surface area (Å²) in [5, 5.41) is 2.72. The lowest BCUT2D eigenvalue weighted by Gasteiger charge is -2.08. The van der Waals surface area contributed by atoms with E-state index in [0.29, 0.717) is 12.3 Å². The molecule has 0 spiro atoms. The Labute approximate surface area is 82.3 Å². The number of carbonyl (C=O) groups is 1. The van der Waals surface area contributed by atoms with Crippen LogP contribution in [0.5, 0.6) is 5.88 Å². The van der Waals surface area contributed by atoms with Gasteiger partial charge in [0.1, 0.15) is 0 Å². The molecule has 1 aromatic rings. The van der Waals surface area contributed by atoms with Crippen molar-refractivity contribution in [2.24, 2.45) is 0 Å². The Kier molecular flexibility index (Phi) is 2.11. The van der Waals surface area contributed by atoms with Crippen LogP contribution in [-0.4, -0.2) is 17.0 Å². The van der Waals surface area contributed by atoms with Gasteiger partial charge in [-0.25, -0.2) is 4.98 Å². The fraction of sp³-hybridized carbons (Fsp3) is 0.400. The number of hydrogen-bond donors (Lipinski definition) is 1. The molecule has 0 saturated carbocycles. The highest BCUT2D eigenvalue weighted by atomic mass is 16.5. The van der Waals surface area contributed by atoms with E-state index in [2.05, 4.69) is 10.3 Å². The Morgan fingerprint density at radius 2 is 2.29 bits per heavy atom. The van der Waals surface area contributed by atoms with Crippen molar-refractivity contribution < 1.29 is 9.53 Å². The molecular weight excluding hydrogens is 180 g/mol. The van der Waals surface area contributed by atoms with Crippen LogP contribution in [0.4, 0.5) is 5.69 Å². The molecule has 2 rings (SSSR count). The molecule has 0 fully saturated rings. The van der Waals surface area contributed by atoms with Crippen molar-refractivity contribution in [1.29, 1.82) is 0 Å². The highest BCUT2D eigenvalue weighted by Crippen LogP contribution is 2.23. The van der Waals surface area contributed by atoms with Gasteiger partial charge < -0.3 is 10.1 Å².